The van der Waals surface area contributed by atoms with Crippen molar-refractivity contribution >= 4 is 0 Å². The van der Waals surface area contributed by atoms with Crippen molar-refractivity contribution in [2.45, 2.75) is 32.2 Å². The third-order valence-corrected chi connectivity index (χ3v) is 3.85. The average molecular weight is 242 g/mol. The quantitative estimate of drug-likeness (QED) is 0.879. The Morgan fingerprint density at radius 2 is 2.22 bits per heavy atom. The molecule has 0 radical (unpaired) electrons. The van der Waals surface area contributed by atoms with Crippen molar-refractivity contribution in [3.8, 4) is 11.4 Å². The lowest BCUT2D eigenvalue weighted by Gasteiger charge is -2.24. The first-order chi connectivity index (χ1) is 8.81. The van der Waals surface area contributed by atoms with Crippen molar-refractivity contribution < 1.29 is 5.11 Å². The topological polar surface area (TPSA) is 38.0 Å². The maximum Gasteiger partial charge on any atom is 0.140 e. The van der Waals surface area contributed by atoms with E-state index in [4.69, 9.17) is 0 Å². The Morgan fingerprint density at radius 3 is 3.00 bits per heavy atom. The maximum absolute atomic E-state index is 9.43. The number of fused-ring (bicyclic) bond motifs is 1. The van der Waals surface area contributed by atoms with Crippen LogP contribution in [0.15, 0.2) is 30.5 Å². The van der Waals surface area contributed by atoms with Crippen molar-refractivity contribution in [2.24, 2.45) is 0 Å². The molecule has 1 unspecified atom stereocenters. The summed E-state index contributed by atoms with van der Waals surface area (Å²) in [5.41, 5.74) is 3.63. The van der Waals surface area contributed by atoms with E-state index < -0.39 is 0 Å². The van der Waals surface area contributed by atoms with Gasteiger partial charge < -0.3 is 9.67 Å². The number of aliphatic hydroxyl groups is 1. The summed E-state index contributed by atoms with van der Waals surface area (Å²) in [6, 6.07) is 8.34. The molecule has 1 aromatic carbocycles. The molecule has 0 saturated carbocycles. The maximum atomic E-state index is 9.43. The zero-order valence-corrected chi connectivity index (χ0v) is 10.6. The molecule has 1 N–H and O–H groups in total. The summed E-state index contributed by atoms with van der Waals surface area (Å²) in [6.45, 7) is 3.34. The molecule has 1 aromatic heterocycles. The Labute approximate surface area is 107 Å². The van der Waals surface area contributed by atoms with E-state index in [0.717, 1.165) is 25.2 Å². The summed E-state index contributed by atoms with van der Waals surface area (Å²) in [5, 5.41) is 9.43. The van der Waals surface area contributed by atoms with Crippen LogP contribution in [0.2, 0.25) is 0 Å². The van der Waals surface area contributed by atoms with Crippen LogP contribution in [0.25, 0.3) is 11.4 Å². The van der Waals surface area contributed by atoms with Crippen molar-refractivity contribution in [3.63, 3.8) is 0 Å². The summed E-state index contributed by atoms with van der Waals surface area (Å²) >= 11 is 0. The molecule has 0 bridgehead atoms. The Kier molecular flexibility index (Phi) is 2.92. The van der Waals surface area contributed by atoms with Gasteiger partial charge in [-0.3, -0.25) is 0 Å². The van der Waals surface area contributed by atoms with Gasteiger partial charge in [-0.05, 0) is 25.3 Å². The zero-order valence-electron chi connectivity index (χ0n) is 10.6. The van der Waals surface area contributed by atoms with E-state index in [1.54, 1.807) is 0 Å². The lowest BCUT2D eigenvalue weighted by atomic mass is 9.97. The molecule has 1 aliphatic heterocycles. The molecule has 18 heavy (non-hydrogen) atoms. The van der Waals surface area contributed by atoms with E-state index in [-0.39, 0.29) is 12.5 Å². The van der Waals surface area contributed by atoms with E-state index in [9.17, 15) is 5.11 Å². The zero-order chi connectivity index (χ0) is 12.5. The molecular weight excluding hydrogens is 224 g/mol. The van der Waals surface area contributed by atoms with E-state index in [1.807, 2.05) is 6.20 Å². The molecule has 1 atom stereocenters. The van der Waals surface area contributed by atoms with Crippen molar-refractivity contribution in [2.75, 3.05) is 6.61 Å². The average Bonchev–Trinajstić information content (AvgIpc) is 2.83. The van der Waals surface area contributed by atoms with Crippen LogP contribution in [0.5, 0.6) is 0 Å². The predicted octanol–water partition coefficient (Wildman–Crippen LogP) is 2.73. The van der Waals surface area contributed by atoms with Gasteiger partial charge in [-0.25, -0.2) is 4.98 Å². The smallest absolute Gasteiger partial charge is 0.140 e. The van der Waals surface area contributed by atoms with Crippen molar-refractivity contribution in [3.05, 3.63) is 41.7 Å². The van der Waals surface area contributed by atoms with Gasteiger partial charge in [0, 0.05) is 29.9 Å². The first-order valence-electron chi connectivity index (χ1n) is 6.53. The number of hydrogen-bond acceptors (Lipinski definition) is 2. The SMILES string of the molecule is Cc1ccccc1-c1ncc2n1CCCC2CO. The normalized spacial score (nSPS) is 18.7. The standard InChI is InChI=1S/C15H18N2O/c1-11-5-2-3-7-13(11)15-16-9-14-12(10-18)6-4-8-17(14)15/h2-3,5,7,9,12,18H,4,6,8,10H2,1H3. The molecular formula is C15H18N2O. The minimum atomic E-state index is 0.221. The molecule has 3 nitrogen and oxygen atoms in total. The number of imidazole rings is 1. The second kappa shape index (κ2) is 4.58. The minimum Gasteiger partial charge on any atom is -0.396 e. The number of rotatable bonds is 2. The Morgan fingerprint density at radius 1 is 1.39 bits per heavy atom. The fourth-order valence-corrected chi connectivity index (χ4v) is 2.82. The van der Waals surface area contributed by atoms with Gasteiger partial charge in [0.25, 0.3) is 0 Å². The van der Waals surface area contributed by atoms with Crippen LogP contribution in [0.4, 0.5) is 0 Å². The molecule has 0 amide bonds. The first kappa shape index (κ1) is 11.5. The second-order valence-electron chi connectivity index (χ2n) is 4.99. The number of aryl methyl sites for hydroxylation is 1. The highest BCUT2D eigenvalue weighted by Gasteiger charge is 2.23. The summed E-state index contributed by atoms with van der Waals surface area (Å²) < 4.78 is 2.27. The molecule has 94 valence electrons. The van der Waals surface area contributed by atoms with Gasteiger partial charge in [0.05, 0.1) is 6.61 Å². The van der Waals surface area contributed by atoms with Gasteiger partial charge in [0.2, 0.25) is 0 Å². The lowest BCUT2D eigenvalue weighted by molar-refractivity contribution is 0.241. The fourth-order valence-electron chi connectivity index (χ4n) is 2.82. The Balaban J connectivity index is 2.10. The number of aliphatic hydroxyl groups excluding tert-OH is 1. The summed E-state index contributed by atoms with van der Waals surface area (Å²) in [4.78, 5) is 4.58. The van der Waals surface area contributed by atoms with Gasteiger partial charge in [-0.2, -0.15) is 0 Å². The van der Waals surface area contributed by atoms with E-state index >= 15 is 0 Å². The summed E-state index contributed by atoms with van der Waals surface area (Å²) in [5.74, 6) is 1.30. The number of aromatic nitrogens is 2. The first-order valence-corrected chi connectivity index (χ1v) is 6.53. The number of benzene rings is 1. The van der Waals surface area contributed by atoms with E-state index in [1.165, 1.54) is 16.8 Å². The molecule has 3 rings (SSSR count). The van der Waals surface area contributed by atoms with Crippen LogP contribution in [0, 0.1) is 6.92 Å². The highest BCUT2D eigenvalue weighted by atomic mass is 16.3. The molecule has 0 spiro atoms. The highest BCUT2D eigenvalue weighted by Crippen LogP contribution is 2.32. The van der Waals surface area contributed by atoms with Crippen LogP contribution in [0.1, 0.15) is 30.0 Å². The van der Waals surface area contributed by atoms with Crippen molar-refractivity contribution in [1.29, 1.82) is 0 Å². The Hall–Kier alpha value is -1.61. The highest BCUT2D eigenvalue weighted by molar-refractivity contribution is 5.61. The monoisotopic (exact) mass is 242 g/mol. The van der Waals surface area contributed by atoms with Crippen LogP contribution >= 0.6 is 0 Å². The second-order valence-corrected chi connectivity index (χ2v) is 4.99. The molecule has 3 heteroatoms. The molecule has 0 fully saturated rings. The minimum absolute atomic E-state index is 0.221. The van der Waals surface area contributed by atoms with Gasteiger partial charge in [0.1, 0.15) is 5.82 Å². The van der Waals surface area contributed by atoms with Gasteiger partial charge in [-0.1, -0.05) is 24.3 Å². The predicted molar refractivity (Wildman–Crippen MR) is 71.5 cm³/mol. The lowest BCUT2D eigenvalue weighted by Crippen LogP contribution is -2.18. The summed E-state index contributed by atoms with van der Waals surface area (Å²) in [7, 11) is 0. The van der Waals surface area contributed by atoms with Gasteiger partial charge >= 0.3 is 0 Å². The molecule has 2 aromatic rings. The molecule has 2 heterocycles. The van der Waals surface area contributed by atoms with Gasteiger partial charge in [-0.15, -0.1) is 0 Å². The Bertz CT molecular complexity index is 559. The number of hydrogen-bond donors (Lipinski definition) is 1. The van der Waals surface area contributed by atoms with Crippen LogP contribution in [-0.4, -0.2) is 21.3 Å². The third-order valence-electron chi connectivity index (χ3n) is 3.85. The molecule has 0 aliphatic carbocycles. The van der Waals surface area contributed by atoms with E-state index in [2.05, 4.69) is 40.7 Å². The van der Waals surface area contributed by atoms with Gasteiger partial charge in [0.15, 0.2) is 0 Å². The number of nitrogens with zero attached hydrogens (tertiary/aromatic N) is 2. The van der Waals surface area contributed by atoms with Crippen molar-refractivity contribution in [1.82, 2.24) is 9.55 Å². The van der Waals surface area contributed by atoms with Crippen LogP contribution in [-0.2, 0) is 6.54 Å². The fraction of sp³-hybridized carbons (Fsp3) is 0.400. The molecule has 0 saturated heterocycles. The van der Waals surface area contributed by atoms with Crippen LogP contribution in [0.3, 0.4) is 0 Å². The third kappa shape index (κ3) is 1.75. The largest absolute Gasteiger partial charge is 0.396 e. The molecule has 1 aliphatic rings. The van der Waals surface area contributed by atoms with Crippen LogP contribution < -0.4 is 0 Å². The van der Waals surface area contributed by atoms with E-state index in [0.29, 0.717) is 0 Å². The summed E-state index contributed by atoms with van der Waals surface area (Å²) in [6.07, 6.45) is 4.12.